The minimum absolute atomic E-state index is 0.0457. The zero-order valence-electron chi connectivity index (χ0n) is 20.8. The van der Waals surface area contributed by atoms with Crippen molar-refractivity contribution in [2.75, 3.05) is 33.3 Å². The van der Waals surface area contributed by atoms with Crippen molar-refractivity contribution in [2.24, 2.45) is 0 Å². The van der Waals surface area contributed by atoms with Crippen molar-refractivity contribution in [2.45, 2.75) is 31.3 Å². The lowest BCUT2D eigenvalue weighted by molar-refractivity contribution is -0.133. The molecule has 3 aliphatic rings. The smallest absolute Gasteiger partial charge is 0.328 e. The molecule has 0 spiro atoms. The topological polar surface area (TPSA) is 89.1 Å². The van der Waals surface area contributed by atoms with Gasteiger partial charge in [-0.2, -0.15) is 0 Å². The van der Waals surface area contributed by atoms with Gasteiger partial charge in [0.1, 0.15) is 17.3 Å². The molecule has 0 aliphatic carbocycles. The van der Waals surface area contributed by atoms with E-state index in [-0.39, 0.29) is 29.9 Å². The number of nitrogens with one attached hydrogen (secondary N) is 1. The number of imide groups is 1. The van der Waals surface area contributed by atoms with E-state index in [0.29, 0.717) is 40.7 Å². The van der Waals surface area contributed by atoms with Crippen LogP contribution in [0, 0.1) is 5.82 Å². The summed E-state index contributed by atoms with van der Waals surface area (Å²) in [6.07, 6.45) is 5.05. The number of hydrogen-bond donors (Lipinski definition) is 2. The highest BCUT2D eigenvalue weighted by atomic mass is 19.1. The van der Waals surface area contributed by atoms with Gasteiger partial charge in [-0.1, -0.05) is 24.3 Å². The van der Waals surface area contributed by atoms with Crippen LogP contribution in [0.15, 0.2) is 48.6 Å². The van der Waals surface area contributed by atoms with E-state index >= 15 is 4.39 Å². The quantitative estimate of drug-likeness (QED) is 0.392. The molecule has 0 saturated carbocycles. The van der Waals surface area contributed by atoms with Crippen LogP contribution in [0.25, 0.3) is 10.9 Å². The molecule has 2 atom stereocenters. The predicted molar refractivity (Wildman–Crippen MR) is 136 cm³/mol. The lowest BCUT2D eigenvalue weighted by atomic mass is 9.81. The number of carbonyl (C=O) groups is 2. The Bertz CT molecular complexity index is 1440. The van der Waals surface area contributed by atoms with Gasteiger partial charge in [-0.05, 0) is 48.7 Å². The number of phenolic OH excluding ortho intramolecular Hbond substituents is 1. The predicted octanol–water partition coefficient (Wildman–Crippen LogP) is 3.95. The molecule has 1 fully saturated rings. The first-order chi connectivity index (χ1) is 17.8. The van der Waals surface area contributed by atoms with Crippen LogP contribution >= 0.6 is 0 Å². The average Bonchev–Trinajstić information content (AvgIpc) is 3.57. The molecular formula is C28H29FN4O4. The van der Waals surface area contributed by atoms with E-state index < -0.39 is 17.4 Å². The first-order valence-electron chi connectivity index (χ1n) is 12.5. The van der Waals surface area contributed by atoms with Gasteiger partial charge in [-0.3, -0.25) is 19.5 Å². The van der Waals surface area contributed by atoms with Crippen LogP contribution in [0.4, 0.5) is 9.18 Å². The molecule has 37 heavy (non-hydrogen) atoms. The molecule has 192 valence electrons. The molecule has 3 aromatic rings. The normalized spacial score (nSPS) is 23.3. The summed E-state index contributed by atoms with van der Waals surface area (Å²) < 4.78 is 20.8. The number of aromatic nitrogens is 1. The van der Waals surface area contributed by atoms with Gasteiger partial charge < -0.3 is 14.8 Å². The Morgan fingerprint density at radius 1 is 1.16 bits per heavy atom. The van der Waals surface area contributed by atoms with Gasteiger partial charge >= 0.3 is 6.03 Å². The third kappa shape index (κ3) is 3.52. The summed E-state index contributed by atoms with van der Waals surface area (Å²) in [5, 5.41) is 10.6. The molecule has 9 heteroatoms. The van der Waals surface area contributed by atoms with Crippen LogP contribution in [-0.4, -0.2) is 75.6 Å². The van der Waals surface area contributed by atoms with Crippen molar-refractivity contribution in [1.29, 1.82) is 0 Å². The minimum Gasteiger partial charge on any atom is -0.508 e. The van der Waals surface area contributed by atoms with Crippen LogP contribution in [0.2, 0.25) is 0 Å². The van der Waals surface area contributed by atoms with Gasteiger partial charge in [-0.15, -0.1) is 0 Å². The maximum Gasteiger partial charge on any atom is 0.328 e. The first kappa shape index (κ1) is 23.5. The number of H-pyrrole nitrogens is 1. The number of aromatic amines is 1. The van der Waals surface area contributed by atoms with Crippen molar-refractivity contribution in [1.82, 2.24) is 19.7 Å². The molecule has 1 aromatic heterocycles. The average molecular weight is 505 g/mol. The van der Waals surface area contributed by atoms with Crippen molar-refractivity contribution in [3.8, 4) is 11.5 Å². The number of urea groups is 1. The van der Waals surface area contributed by atoms with Crippen molar-refractivity contribution in [3.63, 3.8) is 0 Å². The van der Waals surface area contributed by atoms with E-state index in [1.54, 1.807) is 42.2 Å². The maximum absolute atomic E-state index is 15.5. The number of methoxy groups -OCH3 is 1. The number of phenols is 1. The molecular weight excluding hydrogens is 475 g/mol. The van der Waals surface area contributed by atoms with E-state index in [9.17, 15) is 14.7 Å². The third-order valence-corrected chi connectivity index (χ3v) is 7.89. The number of nitrogens with zero attached hydrogens (tertiary/aromatic N) is 3. The number of carbonyl (C=O) groups excluding carboxylic acids is 2. The zero-order chi connectivity index (χ0) is 25.9. The lowest BCUT2D eigenvalue weighted by Gasteiger charge is -2.42. The highest BCUT2D eigenvalue weighted by Crippen LogP contribution is 2.49. The van der Waals surface area contributed by atoms with Crippen LogP contribution in [0.5, 0.6) is 11.5 Å². The van der Waals surface area contributed by atoms with Gasteiger partial charge in [0.05, 0.1) is 7.11 Å². The van der Waals surface area contributed by atoms with Gasteiger partial charge in [0.15, 0.2) is 11.6 Å². The number of rotatable bonds is 6. The van der Waals surface area contributed by atoms with E-state index in [4.69, 9.17) is 4.74 Å². The van der Waals surface area contributed by atoms with Crippen molar-refractivity contribution in [3.05, 3.63) is 71.2 Å². The van der Waals surface area contributed by atoms with E-state index in [0.717, 1.165) is 19.6 Å². The van der Waals surface area contributed by atoms with Crippen LogP contribution < -0.4 is 4.74 Å². The van der Waals surface area contributed by atoms with Crippen molar-refractivity contribution >= 4 is 22.8 Å². The van der Waals surface area contributed by atoms with E-state index in [2.05, 4.69) is 22.0 Å². The number of benzene rings is 2. The molecule has 0 bridgehead atoms. The summed E-state index contributed by atoms with van der Waals surface area (Å²) in [5.41, 5.74) is 1.27. The number of aromatic hydroxyl groups is 1. The Morgan fingerprint density at radius 3 is 2.68 bits per heavy atom. The largest absolute Gasteiger partial charge is 0.508 e. The number of halogens is 1. The number of hydrogen-bond acceptors (Lipinski definition) is 5. The first-order valence-corrected chi connectivity index (χ1v) is 12.5. The molecule has 1 saturated heterocycles. The van der Waals surface area contributed by atoms with Gasteiger partial charge in [0.25, 0.3) is 5.91 Å². The van der Waals surface area contributed by atoms with Gasteiger partial charge in [0, 0.05) is 49.2 Å². The molecule has 2 aromatic carbocycles. The Balaban J connectivity index is 1.45. The molecule has 4 heterocycles. The fourth-order valence-electron chi connectivity index (χ4n) is 6.10. The molecule has 8 nitrogen and oxygen atoms in total. The molecule has 3 aliphatic heterocycles. The molecule has 1 unspecified atom stereocenters. The molecule has 2 N–H and O–H groups in total. The number of ether oxygens (including phenoxy) is 1. The second kappa shape index (κ2) is 8.62. The van der Waals surface area contributed by atoms with Crippen LogP contribution in [0.1, 0.15) is 36.2 Å². The second-order valence-corrected chi connectivity index (χ2v) is 10.2. The minimum atomic E-state index is -1.21. The molecule has 6 rings (SSSR count). The lowest BCUT2D eigenvalue weighted by Crippen LogP contribution is -2.53. The standard InChI is InChI=1S/C28H29FN4O4/c1-28-16-19-22-20(9-10-21(37-2)23(22)29)30-24(19)25(17-7-5-8-18(34)15-17)33(28)27(36)32(26(28)35)14-6-13-31-11-3-4-12-31/h3-5,7-10,15,25,30,34H,6,11-14,16H2,1-2H3/t25?,28-/m0/s1. The summed E-state index contributed by atoms with van der Waals surface area (Å²) in [6.45, 7) is 4.60. The third-order valence-electron chi connectivity index (χ3n) is 7.89. The maximum atomic E-state index is 15.5. The monoisotopic (exact) mass is 504 g/mol. The summed E-state index contributed by atoms with van der Waals surface area (Å²) in [6, 6.07) is 8.87. The second-order valence-electron chi connectivity index (χ2n) is 10.2. The SMILES string of the molecule is COc1ccc2[nH]c3c(c2c1F)C[C@@]1(C)C(=O)N(CCCN2CC=CC2)C(=O)N1C3c1cccc(O)c1. The Morgan fingerprint density at radius 2 is 1.95 bits per heavy atom. The number of fused-ring (bicyclic) bond motifs is 4. The van der Waals surface area contributed by atoms with E-state index in [1.807, 2.05) is 6.07 Å². The number of amides is 3. The van der Waals surface area contributed by atoms with Crippen LogP contribution in [0.3, 0.4) is 0 Å². The summed E-state index contributed by atoms with van der Waals surface area (Å²) in [4.78, 5) is 36.3. The Hall–Kier alpha value is -3.85. The van der Waals surface area contributed by atoms with Crippen molar-refractivity contribution < 1.29 is 23.8 Å². The highest BCUT2D eigenvalue weighted by molar-refractivity contribution is 6.08. The summed E-state index contributed by atoms with van der Waals surface area (Å²) in [5.74, 6) is -0.630. The molecule has 0 radical (unpaired) electrons. The molecule has 3 amide bonds. The Kier molecular flexibility index (Phi) is 5.49. The van der Waals surface area contributed by atoms with Gasteiger partial charge in [0.2, 0.25) is 0 Å². The zero-order valence-corrected chi connectivity index (χ0v) is 20.8. The fraction of sp³-hybridized carbons (Fsp3) is 0.357. The fourth-order valence-corrected chi connectivity index (χ4v) is 6.10. The highest BCUT2D eigenvalue weighted by Gasteiger charge is 2.60. The summed E-state index contributed by atoms with van der Waals surface area (Å²) in [7, 11) is 1.41. The van der Waals surface area contributed by atoms with E-state index in [1.165, 1.54) is 12.0 Å². The van der Waals surface area contributed by atoms with Crippen LogP contribution in [-0.2, 0) is 11.2 Å². The van der Waals surface area contributed by atoms with Gasteiger partial charge in [-0.25, -0.2) is 9.18 Å². The Labute approximate surface area is 213 Å². The summed E-state index contributed by atoms with van der Waals surface area (Å²) >= 11 is 0.